The topological polar surface area (TPSA) is 54.5 Å². The number of alkyl halides is 7. The minimum Gasteiger partial charge on any atom is -0.340 e. The number of halogens is 8. The average molecular weight is 584 g/mol. The molecule has 2 aliphatic rings. The molecule has 0 unspecified atom stereocenters. The molecule has 2 aromatic carbocycles. The van der Waals surface area contributed by atoms with E-state index in [4.69, 9.17) is 0 Å². The van der Waals surface area contributed by atoms with Crippen LogP contribution >= 0.6 is 0 Å². The van der Waals surface area contributed by atoms with Crippen molar-refractivity contribution in [2.75, 3.05) is 13.1 Å². The molecule has 0 aromatic heterocycles. The standard InChI is InChI=1S/C26H25F8NO3S/c27-20-10-12-21(13-11-20)39(37,38)23(14-15-35(16-23)22(36)17-4-2-1-3-5-17)18-6-8-19(9-7-18)24(28,25(29,30)31)26(32,33)34/h6-13,17H,1-5,14-16H2/t23-/m0/s1. The Hall–Kier alpha value is -2.70. The van der Waals surface area contributed by atoms with Crippen molar-refractivity contribution in [3.63, 3.8) is 0 Å². The molecule has 1 saturated heterocycles. The summed E-state index contributed by atoms with van der Waals surface area (Å²) in [5.74, 6) is -1.33. The highest BCUT2D eigenvalue weighted by Gasteiger charge is 2.73. The van der Waals surface area contributed by atoms with Crippen molar-refractivity contribution < 1.29 is 48.3 Å². The zero-order valence-electron chi connectivity index (χ0n) is 20.5. The van der Waals surface area contributed by atoms with Gasteiger partial charge in [0, 0.05) is 24.6 Å². The highest BCUT2D eigenvalue weighted by atomic mass is 32.2. The van der Waals surface area contributed by atoms with E-state index in [0.29, 0.717) is 12.8 Å². The second-order valence-electron chi connectivity index (χ2n) is 10.0. The number of likely N-dealkylation sites (tertiary alicyclic amines) is 1. The zero-order valence-corrected chi connectivity index (χ0v) is 21.3. The van der Waals surface area contributed by atoms with Crippen LogP contribution in [0.25, 0.3) is 0 Å². The van der Waals surface area contributed by atoms with Gasteiger partial charge in [-0.1, -0.05) is 43.5 Å². The van der Waals surface area contributed by atoms with Crippen LogP contribution in [0.15, 0.2) is 53.4 Å². The molecule has 0 spiro atoms. The van der Waals surface area contributed by atoms with Crippen LogP contribution in [0.4, 0.5) is 35.1 Å². The van der Waals surface area contributed by atoms with E-state index in [0.717, 1.165) is 55.7 Å². The Morgan fingerprint density at radius 2 is 1.36 bits per heavy atom. The zero-order chi connectivity index (χ0) is 28.9. The molecule has 4 rings (SSSR count). The number of nitrogens with zero attached hydrogens (tertiary/aromatic N) is 1. The summed E-state index contributed by atoms with van der Waals surface area (Å²) in [6.07, 6.45) is -9.02. The van der Waals surface area contributed by atoms with Gasteiger partial charge in [-0.3, -0.25) is 4.79 Å². The second-order valence-corrected chi connectivity index (χ2v) is 12.3. The van der Waals surface area contributed by atoms with Crippen LogP contribution in [-0.2, 0) is 25.0 Å². The normalized spacial score (nSPS) is 21.8. The third kappa shape index (κ3) is 4.91. The van der Waals surface area contributed by atoms with Crippen LogP contribution in [-0.4, -0.2) is 44.7 Å². The number of carbonyl (C=O) groups is 1. The fourth-order valence-electron chi connectivity index (χ4n) is 5.52. The molecule has 0 bridgehead atoms. The van der Waals surface area contributed by atoms with Gasteiger partial charge < -0.3 is 4.90 Å². The van der Waals surface area contributed by atoms with E-state index in [1.807, 2.05) is 0 Å². The molecule has 13 heteroatoms. The van der Waals surface area contributed by atoms with Crippen molar-refractivity contribution >= 4 is 15.7 Å². The minimum atomic E-state index is -6.33. The van der Waals surface area contributed by atoms with Crippen LogP contribution in [0.3, 0.4) is 0 Å². The Morgan fingerprint density at radius 1 is 0.821 bits per heavy atom. The third-order valence-electron chi connectivity index (χ3n) is 7.73. The van der Waals surface area contributed by atoms with Gasteiger partial charge in [-0.25, -0.2) is 17.2 Å². The Morgan fingerprint density at radius 3 is 1.87 bits per heavy atom. The first-order valence-corrected chi connectivity index (χ1v) is 13.8. The molecule has 0 N–H and O–H groups in total. The average Bonchev–Trinajstić information content (AvgIpc) is 3.35. The molecule has 4 nitrogen and oxygen atoms in total. The van der Waals surface area contributed by atoms with Gasteiger partial charge in [-0.15, -0.1) is 0 Å². The third-order valence-corrected chi connectivity index (χ3v) is 10.2. The SMILES string of the molecule is O=C(C1CCCCC1)N1CC[C@](c2ccc(C(F)(C(F)(F)F)C(F)(F)F)cc2)(S(=O)(=O)c2ccc(F)cc2)C1. The Labute approximate surface area is 219 Å². The molecule has 1 amide bonds. The number of benzene rings is 2. The maximum absolute atomic E-state index is 14.6. The summed E-state index contributed by atoms with van der Waals surface area (Å²) < 4.78 is 134. The summed E-state index contributed by atoms with van der Waals surface area (Å²) in [5, 5.41) is 0. The van der Waals surface area contributed by atoms with E-state index in [1.165, 1.54) is 4.90 Å². The maximum atomic E-state index is 14.6. The Kier molecular flexibility index (Phi) is 7.54. The molecule has 214 valence electrons. The van der Waals surface area contributed by atoms with Crippen molar-refractivity contribution in [1.29, 1.82) is 0 Å². The first-order valence-electron chi connectivity index (χ1n) is 12.3. The monoisotopic (exact) mass is 583 g/mol. The van der Waals surface area contributed by atoms with E-state index in [2.05, 4.69) is 0 Å². The lowest BCUT2D eigenvalue weighted by Gasteiger charge is -2.33. The van der Waals surface area contributed by atoms with Crippen molar-refractivity contribution in [2.24, 2.45) is 5.92 Å². The predicted molar refractivity (Wildman–Crippen MR) is 124 cm³/mol. The molecule has 1 saturated carbocycles. The summed E-state index contributed by atoms with van der Waals surface area (Å²) in [6.45, 7) is -0.448. The van der Waals surface area contributed by atoms with E-state index in [9.17, 15) is 48.3 Å². The quantitative estimate of drug-likeness (QED) is 0.295. The van der Waals surface area contributed by atoms with Gasteiger partial charge in [0.15, 0.2) is 9.84 Å². The molecule has 1 heterocycles. The fourth-order valence-corrected chi connectivity index (χ4v) is 7.60. The lowest BCUT2D eigenvalue weighted by atomic mass is 9.88. The van der Waals surface area contributed by atoms with Crippen LogP contribution in [0.5, 0.6) is 0 Å². The van der Waals surface area contributed by atoms with E-state index < -0.39 is 50.5 Å². The summed E-state index contributed by atoms with van der Waals surface area (Å²) in [6, 6.07) is 5.75. The molecule has 1 aliphatic carbocycles. The predicted octanol–water partition coefficient (Wildman–Crippen LogP) is 6.60. The van der Waals surface area contributed by atoms with Crippen molar-refractivity contribution in [2.45, 2.75) is 66.2 Å². The van der Waals surface area contributed by atoms with E-state index >= 15 is 0 Å². The molecule has 1 aliphatic heterocycles. The summed E-state index contributed by atoms with van der Waals surface area (Å²) >= 11 is 0. The van der Waals surface area contributed by atoms with Crippen LogP contribution < -0.4 is 0 Å². The van der Waals surface area contributed by atoms with Crippen LogP contribution in [0, 0.1) is 11.7 Å². The molecule has 2 fully saturated rings. The van der Waals surface area contributed by atoms with Gasteiger partial charge in [0.05, 0.1) is 4.90 Å². The second kappa shape index (κ2) is 10.0. The van der Waals surface area contributed by atoms with Gasteiger partial charge in [0.25, 0.3) is 0 Å². The number of carbonyl (C=O) groups excluding carboxylic acids is 1. The van der Waals surface area contributed by atoms with E-state index in [1.54, 1.807) is 0 Å². The Balaban J connectivity index is 1.80. The lowest BCUT2D eigenvalue weighted by molar-refractivity contribution is -0.348. The van der Waals surface area contributed by atoms with Crippen LogP contribution in [0.1, 0.15) is 49.7 Å². The summed E-state index contributed by atoms with van der Waals surface area (Å²) in [4.78, 5) is 14.2. The van der Waals surface area contributed by atoms with Crippen molar-refractivity contribution in [3.8, 4) is 0 Å². The van der Waals surface area contributed by atoms with Gasteiger partial charge in [0.2, 0.25) is 5.91 Å². The molecule has 39 heavy (non-hydrogen) atoms. The minimum absolute atomic E-state index is 0.0321. The van der Waals surface area contributed by atoms with E-state index in [-0.39, 0.29) is 47.4 Å². The smallest absolute Gasteiger partial charge is 0.340 e. The highest BCUT2D eigenvalue weighted by Crippen LogP contribution is 2.54. The fraction of sp³-hybridized carbons (Fsp3) is 0.500. The summed E-state index contributed by atoms with van der Waals surface area (Å²) in [5.41, 5.74) is -7.64. The maximum Gasteiger partial charge on any atom is 0.435 e. The first-order chi connectivity index (χ1) is 18.0. The number of hydrogen-bond acceptors (Lipinski definition) is 3. The molecule has 1 atom stereocenters. The molecular weight excluding hydrogens is 558 g/mol. The van der Waals surface area contributed by atoms with Crippen molar-refractivity contribution in [3.05, 3.63) is 65.5 Å². The molecule has 0 radical (unpaired) electrons. The Bertz CT molecular complexity index is 1290. The number of amides is 1. The van der Waals surface area contributed by atoms with Gasteiger partial charge >= 0.3 is 18.0 Å². The van der Waals surface area contributed by atoms with Gasteiger partial charge in [0.1, 0.15) is 10.6 Å². The number of rotatable bonds is 5. The molecule has 2 aromatic rings. The first kappa shape index (κ1) is 29.3. The number of sulfone groups is 1. The van der Waals surface area contributed by atoms with Crippen LogP contribution in [0.2, 0.25) is 0 Å². The number of hydrogen-bond donors (Lipinski definition) is 0. The van der Waals surface area contributed by atoms with Crippen molar-refractivity contribution in [1.82, 2.24) is 4.90 Å². The summed E-state index contributed by atoms with van der Waals surface area (Å²) in [7, 11) is -4.47. The van der Waals surface area contributed by atoms with Gasteiger partial charge in [-0.2, -0.15) is 26.3 Å². The molecular formula is C26H25F8NO3S. The lowest BCUT2D eigenvalue weighted by Crippen LogP contribution is -2.50. The highest BCUT2D eigenvalue weighted by molar-refractivity contribution is 7.92. The largest absolute Gasteiger partial charge is 0.435 e. The van der Waals surface area contributed by atoms with Gasteiger partial charge in [-0.05, 0) is 49.1 Å².